The Morgan fingerprint density at radius 1 is 1.04 bits per heavy atom. The molecule has 6 heteroatoms. The summed E-state index contributed by atoms with van der Waals surface area (Å²) in [6, 6.07) is 23.2. The predicted octanol–water partition coefficient (Wildman–Crippen LogP) is 4.90. The third kappa shape index (κ3) is 4.35. The molecule has 0 saturated heterocycles. The predicted molar refractivity (Wildman–Crippen MR) is 112 cm³/mol. The van der Waals surface area contributed by atoms with Gasteiger partial charge >= 0.3 is 0 Å². The van der Waals surface area contributed by atoms with Gasteiger partial charge in [-0.05, 0) is 54.1 Å². The number of carbonyl (C=O) groups is 1. The Morgan fingerprint density at radius 3 is 2.50 bits per heavy atom. The second-order valence-electron chi connectivity index (χ2n) is 6.26. The van der Waals surface area contributed by atoms with Crippen molar-refractivity contribution >= 4 is 34.4 Å². The number of benzene rings is 3. The van der Waals surface area contributed by atoms with Crippen molar-refractivity contribution in [3.63, 3.8) is 0 Å². The first-order valence-corrected chi connectivity index (χ1v) is 9.67. The Bertz CT molecular complexity index is 1060. The summed E-state index contributed by atoms with van der Waals surface area (Å²) in [4.78, 5) is 21.2. The molecule has 0 aliphatic heterocycles. The van der Waals surface area contributed by atoms with E-state index in [4.69, 9.17) is 4.74 Å². The van der Waals surface area contributed by atoms with Gasteiger partial charge in [0.2, 0.25) is 5.91 Å². The quantitative estimate of drug-likeness (QED) is 0.492. The first kappa shape index (κ1) is 18.1. The molecule has 0 aliphatic rings. The number of ether oxygens (including phenoxy) is 1. The highest BCUT2D eigenvalue weighted by Crippen LogP contribution is 2.28. The van der Waals surface area contributed by atoms with Crippen molar-refractivity contribution in [3.8, 4) is 5.75 Å². The van der Waals surface area contributed by atoms with Gasteiger partial charge in [0.1, 0.15) is 5.75 Å². The highest BCUT2D eigenvalue weighted by molar-refractivity contribution is 7.99. The van der Waals surface area contributed by atoms with Crippen LogP contribution in [0.25, 0.3) is 11.0 Å². The summed E-state index contributed by atoms with van der Waals surface area (Å²) in [7, 11) is 1.62. The molecule has 1 aromatic heterocycles. The van der Waals surface area contributed by atoms with Crippen molar-refractivity contribution in [1.29, 1.82) is 0 Å². The van der Waals surface area contributed by atoms with Crippen molar-refractivity contribution in [2.45, 2.75) is 16.5 Å². The van der Waals surface area contributed by atoms with E-state index in [1.54, 1.807) is 18.9 Å². The molecular weight excluding hydrogens is 370 g/mol. The van der Waals surface area contributed by atoms with Crippen molar-refractivity contribution in [2.24, 2.45) is 0 Å². The Hall–Kier alpha value is -3.25. The molecule has 4 rings (SSSR count). The van der Waals surface area contributed by atoms with Crippen LogP contribution in [0.15, 0.2) is 82.8 Å². The van der Waals surface area contributed by atoms with Crippen LogP contribution in [0.2, 0.25) is 0 Å². The van der Waals surface area contributed by atoms with E-state index in [0.29, 0.717) is 6.42 Å². The minimum Gasteiger partial charge on any atom is -0.497 e. The largest absolute Gasteiger partial charge is 0.497 e. The van der Waals surface area contributed by atoms with Gasteiger partial charge < -0.3 is 15.0 Å². The second kappa shape index (κ2) is 8.19. The number of nitrogens with zero attached hydrogens (tertiary/aromatic N) is 1. The SMILES string of the molecule is COc1ccc(CC(=O)Nc2ccc(Sc3nc4ccccc4[nH]3)cc2)cc1. The van der Waals surface area contributed by atoms with E-state index in [0.717, 1.165) is 38.1 Å². The van der Waals surface area contributed by atoms with E-state index in [2.05, 4.69) is 15.3 Å². The lowest BCUT2D eigenvalue weighted by Crippen LogP contribution is -2.14. The first-order chi connectivity index (χ1) is 13.7. The zero-order valence-corrected chi connectivity index (χ0v) is 16.1. The fraction of sp³-hybridized carbons (Fsp3) is 0.0909. The molecule has 4 aromatic rings. The molecule has 3 aromatic carbocycles. The maximum atomic E-state index is 12.2. The van der Waals surface area contributed by atoms with Gasteiger partial charge in [0, 0.05) is 10.6 Å². The number of rotatable bonds is 6. The summed E-state index contributed by atoms with van der Waals surface area (Å²) < 4.78 is 5.13. The summed E-state index contributed by atoms with van der Waals surface area (Å²) in [6.07, 6.45) is 0.319. The third-order valence-electron chi connectivity index (χ3n) is 4.24. The van der Waals surface area contributed by atoms with E-state index in [-0.39, 0.29) is 5.91 Å². The maximum Gasteiger partial charge on any atom is 0.228 e. The minimum absolute atomic E-state index is 0.0529. The number of anilines is 1. The van der Waals surface area contributed by atoms with E-state index in [1.165, 1.54) is 0 Å². The summed E-state index contributed by atoms with van der Waals surface area (Å²) in [5, 5.41) is 3.77. The average Bonchev–Trinajstić information content (AvgIpc) is 3.12. The lowest BCUT2D eigenvalue weighted by atomic mass is 10.1. The number of imidazole rings is 1. The topological polar surface area (TPSA) is 67.0 Å². The molecule has 0 saturated carbocycles. The van der Waals surface area contributed by atoms with Crippen LogP contribution in [0.3, 0.4) is 0 Å². The highest BCUT2D eigenvalue weighted by atomic mass is 32.2. The second-order valence-corrected chi connectivity index (χ2v) is 7.32. The van der Waals surface area contributed by atoms with Crippen LogP contribution in [0, 0.1) is 0 Å². The molecular formula is C22H19N3O2S. The van der Waals surface area contributed by atoms with Gasteiger partial charge in [-0.3, -0.25) is 4.79 Å². The summed E-state index contributed by atoms with van der Waals surface area (Å²) >= 11 is 1.56. The smallest absolute Gasteiger partial charge is 0.228 e. The van der Waals surface area contributed by atoms with Crippen LogP contribution in [0.4, 0.5) is 5.69 Å². The molecule has 0 radical (unpaired) electrons. The number of aromatic nitrogens is 2. The van der Waals surface area contributed by atoms with Crippen LogP contribution >= 0.6 is 11.8 Å². The van der Waals surface area contributed by atoms with Crippen molar-refractivity contribution in [2.75, 3.05) is 12.4 Å². The fourth-order valence-corrected chi connectivity index (χ4v) is 3.63. The van der Waals surface area contributed by atoms with Gasteiger partial charge in [0.05, 0.1) is 24.6 Å². The lowest BCUT2D eigenvalue weighted by Gasteiger charge is -2.07. The monoisotopic (exact) mass is 389 g/mol. The zero-order valence-electron chi connectivity index (χ0n) is 15.3. The number of carbonyl (C=O) groups excluding carboxylic acids is 1. The summed E-state index contributed by atoms with van der Waals surface area (Å²) in [5.74, 6) is 0.726. The first-order valence-electron chi connectivity index (χ1n) is 8.85. The van der Waals surface area contributed by atoms with Crippen molar-refractivity contribution < 1.29 is 9.53 Å². The number of hydrogen-bond donors (Lipinski definition) is 2. The van der Waals surface area contributed by atoms with Gasteiger partial charge in [-0.2, -0.15) is 0 Å². The Labute approximate surface area is 167 Å². The number of hydrogen-bond acceptors (Lipinski definition) is 4. The lowest BCUT2D eigenvalue weighted by molar-refractivity contribution is -0.115. The Kier molecular flexibility index (Phi) is 5.30. The number of amides is 1. The molecule has 140 valence electrons. The van der Waals surface area contributed by atoms with Crippen molar-refractivity contribution in [3.05, 3.63) is 78.4 Å². The van der Waals surface area contributed by atoms with Gasteiger partial charge in [0.25, 0.3) is 0 Å². The van der Waals surface area contributed by atoms with Crippen molar-refractivity contribution in [1.82, 2.24) is 9.97 Å². The summed E-state index contributed by atoms with van der Waals surface area (Å²) in [5.41, 5.74) is 3.68. The number of H-pyrrole nitrogens is 1. The zero-order chi connectivity index (χ0) is 19.3. The van der Waals surface area contributed by atoms with E-state index in [9.17, 15) is 4.79 Å². The molecule has 0 unspecified atom stereocenters. The molecule has 1 amide bonds. The molecule has 2 N–H and O–H groups in total. The molecule has 1 heterocycles. The van der Waals surface area contributed by atoms with Crippen LogP contribution in [0.5, 0.6) is 5.75 Å². The normalized spacial score (nSPS) is 10.8. The van der Waals surface area contributed by atoms with E-state index in [1.807, 2.05) is 72.8 Å². The molecule has 28 heavy (non-hydrogen) atoms. The van der Waals surface area contributed by atoms with Crippen LogP contribution in [-0.4, -0.2) is 23.0 Å². The van der Waals surface area contributed by atoms with Gasteiger partial charge in [-0.25, -0.2) is 4.98 Å². The van der Waals surface area contributed by atoms with E-state index < -0.39 is 0 Å². The maximum absolute atomic E-state index is 12.2. The molecule has 0 spiro atoms. The molecule has 0 bridgehead atoms. The number of para-hydroxylation sites is 2. The van der Waals surface area contributed by atoms with Gasteiger partial charge in [0.15, 0.2) is 5.16 Å². The minimum atomic E-state index is -0.0529. The van der Waals surface area contributed by atoms with Crippen LogP contribution in [-0.2, 0) is 11.2 Å². The van der Waals surface area contributed by atoms with Crippen LogP contribution < -0.4 is 10.1 Å². The standard InChI is InChI=1S/C22H19N3O2S/c1-27-17-10-6-15(7-11-17)14-21(26)23-16-8-12-18(13-9-16)28-22-24-19-4-2-3-5-20(19)25-22/h2-13H,14H2,1H3,(H,23,26)(H,24,25). The molecule has 0 fully saturated rings. The Morgan fingerprint density at radius 2 is 1.79 bits per heavy atom. The highest BCUT2D eigenvalue weighted by Gasteiger charge is 2.07. The van der Waals surface area contributed by atoms with Gasteiger partial charge in [-0.15, -0.1) is 0 Å². The molecule has 0 atom stereocenters. The van der Waals surface area contributed by atoms with Gasteiger partial charge in [-0.1, -0.05) is 36.0 Å². The molecule has 0 aliphatic carbocycles. The number of methoxy groups -OCH3 is 1. The Balaban J connectivity index is 1.36. The third-order valence-corrected chi connectivity index (χ3v) is 5.14. The number of nitrogens with one attached hydrogen (secondary N) is 2. The molecule has 5 nitrogen and oxygen atoms in total. The fourth-order valence-electron chi connectivity index (χ4n) is 2.83. The summed E-state index contributed by atoms with van der Waals surface area (Å²) in [6.45, 7) is 0. The average molecular weight is 389 g/mol. The van der Waals surface area contributed by atoms with Crippen LogP contribution in [0.1, 0.15) is 5.56 Å². The number of aromatic amines is 1. The number of fused-ring (bicyclic) bond motifs is 1. The van der Waals surface area contributed by atoms with E-state index >= 15 is 0 Å².